The predicted octanol–water partition coefficient (Wildman–Crippen LogP) is 0.976. The molecule has 0 aliphatic heterocycles. The normalized spacial score (nSPS) is 9.61. The maximum atomic E-state index is 11.6. The number of aromatic nitrogens is 1. The van der Waals surface area contributed by atoms with Gasteiger partial charge in [0.15, 0.2) is 0 Å². The zero-order valence-corrected chi connectivity index (χ0v) is 10.3. The summed E-state index contributed by atoms with van der Waals surface area (Å²) in [7, 11) is 0. The highest BCUT2D eigenvalue weighted by atomic mass is 32.1. The van der Waals surface area contributed by atoms with Crippen LogP contribution in [0.3, 0.4) is 0 Å². The molecule has 18 heavy (non-hydrogen) atoms. The molecule has 0 atom stereocenters. The van der Waals surface area contributed by atoms with Gasteiger partial charge in [-0.25, -0.2) is 0 Å². The fourth-order valence-corrected chi connectivity index (χ4v) is 2.09. The molecule has 92 valence electrons. The molecule has 0 aliphatic rings. The standard InChI is InChI=1S/C12H11N3O2S/c13-6-1-2-9-3-4-10(18-9)8-14-12(16)11-5-7-15-17-11/h3-5,7H,6,8,13H2,(H,14,16). The van der Waals surface area contributed by atoms with Crippen molar-refractivity contribution in [3.8, 4) is 11.8 Å². The van der Waals surface area contributed by atoms with E-state index in [1.807, 2.05) is 12.1 Å². The van der Waals surface area contributed by atoms with Crippen molar-refractivity contribution in [1.82, 2.24) is 10.5 Å². The van der Waals surface area contributed by atoms with Crippen molar-refractivity contribution in [2.45, 2.75) is 6.54 Å². The molecule has 0 bridgehead atoms. The topological polar surface area (TPSA) is 81.1 Å². The summed E-state index contributed by atoms with van der Waals surface area (Å²) in [6.45, 7) is 0.782. The molecule has 0 saturated heterocycles. The average Bonchev–Trinajstić information content (AvgIpc) is 3.04. The third-order valence-corrected chi connectivity index (χ3v) is 3.06. The molecule has 0 radical (unpaired) electrons. The monoisotopic (exact) mass is 261 g/mol. The summed E-state index contributed by atoms with van der Waals surface area (Å²) in [5, 5.41) is 6.21. The number of hydrogen-bond donors (Lipinski definition) is 2. The molecule has 2 heterocycles. The van der Waals surface area contributed by atoms with Gasteiger partial charge in [-0.2, -0.15) is 0 Å². The van der Waals surface area contributed by atoms with Crippen LogP contribution in [0.4, 0.5) is 0 Å². The molecular weight excluding hydrogens is 250 g/mol. The summed E-state index contributed by atoms with van der Waals surface area (Å²) >= 11 is 1.52. The van der Waals surface area contributed by atoms with Gasteiger partial charge in [-0.15, -0.1) is 11.3 Å². The van der Waals surface area contributed by atoms with E-state index in [-0.39, 0.29) is 11.7 Å². The number of thiophene rings is 1. The predicted molar refractivity (Wildman–Crippen MR) is 67.9 cm³/mol. The first-order valence-corrected chi connectivity index (χ1v) is 6.08. The van der Waals surface area contributed by atoms with E-state index in [4.69, 9.17) is 10.3 Å². The van der Waals surface area contributed by atoms with Crippen LogP contribution in [0.1, 0.15) is 20.3 Å². The van der Waals surface area contributed by atoms with Crippen LogP contribution in [-0.4, -0.2) is 17.6 Å². The quantitative estimate of drug-likeness (QED) is 0.807. The number of nitrogens with two attached hydrogens (primary N) is 1. The number of amides is 1. The molecule has 0 saturated carbocycles. The highest BCUT2D eigenvalue weighted by Crippen LogP contribution is 2.15. The number of nitrogens with zero attached hydrogens (tertiary/aromatic N) is 1. The molecule has 0 fully saturated rings. The summed E-state index contributed by atoms with van der Waals surface area (Å²) in [6, 6.07) is 5.34. The minimum absolute atomic E-state index is 0.203. The van der Waals surface area contributed by atoms with Crippen LogP contribution >= 0.6 is 11.3 Å². The lowest BCUT2D eigenvalue weighted by Gasteiger charge is -1.98. The van der Waals surface area contributed by atoms with Crippen molar-refractivity contribution < 1.29 is 9.32 Å². The van der Waals surface area contributed by atoms with Crippen molar-refractivity contribution in [2.24, 2.45) is 5.73 Å². The highest BCUT2D eigenvalue weighted by molar-refractivity contribution is 7.12. The van der Waals surface area contributed by atoms with Gasteiger partial charge >= 0.3 is 0 Å². The van der Waals surface area contributed by atoms with Crippen LogP contribution < -0.4 is 11.1 Å². The van der Waals surface area contributed by atoms with Crippen molar-refractivity contribution >= 4 is 17.2 Å². The van der Waals surface area contributed by atoms with Crippen LogP contribution in [0.25, 0.3) is 0 Å². The van der Waals surface area contributed by atoms with Gasteiger partial charge in [-0.1, -0.05) is 17.0 Å². The maximum absolute atomic E-state index is 11.6. The third kappa shape index (κ3) is 3.20. The van der Waals surface area contributed by atoms with Crippen molar-refractivity contribution in [3.05, 3.63) is 39.9 Å². The maximum Gasteiger partial charge on any atom is 0.290 e. The molecule has 0 unspecified atom stereocenters. The number of nitrogens with one attached hydrogen (secondary N) is 1. The minimum atomic E-state index is -0.282. The molecule has 2 rings (SSSR count). The molecule has 6 heteroatoms. The highest BCUT2D eigenvalue weighted by Gasteiger charge is 2.09. The van der Waals surface area contributed by atoms with E-state index in [0.717, 1.165) is 9.75 Å². The third-order valence-electron chi connectivity index (χ3n) is 2.06. The summed E-state index contributed by atoms with van der Waals surface area (Å²) in [6.07, 6.45) is 1.43. The molecular formula is C12H11N3O2S. The second kappa shape index (κ2) is 6.00. The Bertz CT molecular complexity index is 578. The summed E-state index contributed by atoms with van der Waals surface area (Å²) in [5.41, 5.74) is 5.29. The fourth-order valence-electron chi connectivity index (χ4n) is 1.27. The van der Waals surface area contributed by atoms with Crippen LogP contribution in [0.15, 0.2) is 28.9 Å². The molecule has 3 N–H and O–H groups in total. The zero-order valence-electron chi connectivity index (χ0n) is 9.47. The van der Waals surface area contributed by atoms with Crippen molar-refractivity contribution in [1.29, 1.82) is 0 Å². The Morgan fingerprint density at radius 2 is 2.39 bits per heavy atom. The molecule has 0 spiro atoms. The van der Waals surface area contributed by atoms with E-state index >= 15 is 0 Å². The second-order valence-electron chi connectivity index (χ2n) is 3.33. The number of rotatable bonds is 3. The van der Waals surface area contributed by atoms with E-state index in [1.165, 1.54) is 23.6 Å². The van der Waals surface area contributed by atoms with Gasteiger partial charge in [0, 0.05) is 10.9 Å². The van der Waals surface area contributed by atoms with Gasteiger partial charge < -0.3 is 15.6 Å². The van der Waals surface area contributed by atoms with Crippen molar-refractivity contribution in [3.63, 3.8) is 0 Å². The Labute approximate surface area is 108 Å². The minimum Gasteiger partial charge on any atom is -0.351 e. The van der Waals surface area contributed by atoms with E-state index < -0.39 is 0 Å². The molecule has 1 amide bonds. The van der Waals surface area contributed by atoms with Gasteiger partial charge in [0.1, 0.15) is 0 Å². The Hall–Kier alpha value is -2.10. The summed E-state index contributed by atoms with van der Waals surface area (Å²) < 4.78 is 4.75. The van der Waals surface area contributed by atoms with E-state index in [0.29, 0.717) is 13.1 Å². The first-order chi connectivity index (χ1) is 8.79. The van der Waals surface area contributed by atoms with Crippen LogP contribution in [0, 0.1) is 11.8 Å². The molecule has 2 aromatic heterocycles. The first kappa shape index (κ1) is 12.4. The number of carbonyl (C=O) groups is 1. The lowest BCUT2D eigenvalue weighted by molar-refractivity contribution is 0.0914. The Morgan fingerprint density at radius 3 is 3.11 bits per heavy atom. The van der Waals surface area contributed by atoms with Gasteiger partial charge in [0.25, 0.3) is 5.91 Å². The lowest BCUT2D eigenvalue weighted by atomic mass is 10.4. The Balaban J connectivity index is 1.90. The van der Waals surface area contributed by atoms with Crippen LogP contribution in [-0.2, 0) is 6.54 Å². The Morgan fingerprint density at radius 1 is 1.50 bits per heavy atom. The second-order valence-corrected chi connectivity index (χ2v) is 4.50. The zero-order chi connectivity index (χ0) is 12.8. The van der Waals surface area contributed by atoms with E-state index in [9.17, 15) is 4.79 Å². The molecule has 0 aliphatic carbocycles. The van der Waals surface area contributed by atoms with Crippen LogP contribution in [0.5, 0.6) is 0 Å². The average molecular weight is 261 g/mol. The molecule has 5 nitrogen and oxygen atoms in total. The van der Waals surface area contributed by atoms with Gasteiger partial charge in [-0.05, 0) is 12.1 Å². The summed E-state index contributed by atoms with van der Waals surface area (Å²) in [5.74, 6) is 5.65. The molecule has 0 aromatic carbocycles. The lowest BCUT2D eigenvalue weighted by Crippen LogP contribution is -2.21. The number of carbonyl (C=O) groups excluding carboxylic acids is 1. The summed E-state index contributed by atoms with van der Waals surface area (Å²) in [4.78, 5) is 13.5. The van der Waals surface area contributed by atoms with Gasteiger partial charge in [0.05, 0.1) is 24.2 Å². The number of hydrogen-bond acceptors (Lipinski definition) is 5. The van der Waals surface area contributed by atoms with Crippen LogP contribution in [0.2, 0.25) is 0 Å². The fraction of sp³-hybridized carbons (Fsp3) is 0.167. The van der Waals surface area contributed by atoms with E-state index in [1.54, 1.807) is 0 Å². The van der Waals surface area contributed by atoms with Crippen molar-refractivity contribution in [2.75, 3.05) is 6.54 Å². The van der Waals surface area contributed by atoms with Gasteiger partial charge in [0.2, 0.25) is 5.76 Å². The SMILES string of the molecule is NCC#Cc1ccc(CNC(=O)c2ccno2)s1. The smallest absolute Gasteiger partial charge is 0.290 e. The van der Waals surface area contributed by atoms with Gasteiger partial charge in [-0.3, -0.25) is 4.79 Å². The first-order valence-electron chi connectivity index (χ1n) is 5.26. The molecule has 2 aromatic rings. The largest absolute Gasteiger partial charge is 0.351 e. The van der Waals surface area contributed by atoms with E-state index in [2.05, 4.69) is 22.3 Å². The Kier molecular flexibility index (Phi) is 4.12.